The molecule has 0 nitrogen and oxygen atoms in total. The van der Waals surface area contributed by atoms with Gasteiger partial charge >= 0.3 is 84.1 Å². The molecular formula is C19H38PbSi2. The predicted molar refractivity (Wildman–Crippen MR) is 108 cm³/mol. The molecule has 4 bridgehead atoms. The predicted octanol–water partition coefficient (Wildman–Crippen LogP) is 5.69. The average Bonchev–Trinajstić information content (AvgIpc) is 2.33. The van der Waals surface area contributed by atoms with Crippen LogP contribution in [0.15, 0.2) is 0 Å². The van der Waals surface area contributed by atoms with Gasteiger partial charge in [-0.25, -0.2) is 0 Å². The quantitative estimate of drug-likeness (QED) is 0.354. The molecule has 126 valence electrons. The van der Waals surface area contributed by atoms with E-state index in [1.807, 2.05) is 3.06 Å². The second kappa shape index (κ2) is 9.07. The molecule has 0 aliphatic heterocycles. The van der Waals surface area contributed by atoms with Gasteiger partial charge in [0.1, 0.15) is 0 Å². The molecule has 4 aliphatic rings. The molecule has 4 radical (unpaired) electrons. The van der Waals surface area contributed by atoms with Crippen molar-refractivity contribution in [2.24, 2.45) is 23.7 Å². The Morgan fingerprint density at radius 3 is 1.27 bits per heavy atom. The van der Waals surface area contributed by atoms with E-state index in [2.05, 4.69) is 53.5 Å². The van der Waals surface area contributed by atoms with Gasteiger partial charge in [-0.15, -0.1) is 0 Å². The molecule has 0 heterocycles. The molecule has 0 aromatic heterocycles. The van der Waals surface area contributed by atoms with Gasteiger partial charge in [-0.1, -0.05) is 53.5 Å². The van der Waals surface area contributed by atoms with Crippen molar-refractivity contribution < 1.29 is 0 Å². The van der Waals surface area contributed by atoms with Crippen molar-refractivity contribution in [2.75, 3.05) is 0 Å². The van der Waals surface area contributed by atoms with E-state index in [-0.39, 0.29) is 17.6 Å². The summed E-state index contributed by atoms with van der Waals surface area (Å²) in [6.07, 6.45) is 7.96. The molecule has 0 aromatic rings. The van der Waals surface area contributed by atoms with Crippen molar-refractivity contribution in [3.8, 4) is 0 Å². The van der Waals surface area contributed by atoms with Crippen LogP contribution in [-0.4, -0.2) is 45.9 Å². The standard InChI is InChI=1S/C10H14.C6H15Si.C3H9Si.Pb/c1-7-2-9-4-8(1)5-10(3-7)6-9;1-6(2,3)7(4)5;1-4(2)3;/h7-10H,1-5H2;1-5H3;1-3H3;. The summed E-state index contributed by atoms with van der Waals surface area (Å²) in [7, 11) is 0.0702. The normalized spacial score (nSPS) is 32.5. The van der Waals surface area contributed by atoms with Crippen LogP contribution in [0.25, 0.3) is 0 Å². The van der Waals surface area contributed by atoms with Crippen molar-refractivity contribution in [1.82, 2.24) is 0 Å². The van der Waals surface area contributed by atoms with E-state index in [0.29, 0.717) is 5.04 Å². The Hall–Kier alpha value is 1.23. The average molecular weight is 530 g/mol. The molecule has 0 N–H and O–H groups in total. The van der Waals surface area contributed by atoms with Crippen molar-refractivity contribution in [3.63, 3.8) is 0 Å². The van der Waals surface area contributed by atoms with E-state index in [4.69, 9.17) is 0 Å². The summed E-state index contributed by atoms with van der Waals surface area (Å²) in [5, 5.41) is 0.602. The van der Waals surface area contributed by atoms with Gasteiger partial charge in [-0.3, -0.25) is 0 Å². The van der Waals surface area contributed by atoms with E-state index in [9.17, 15) is 0 Å². The van der Waals surface area contributed by atoms with Crippen LogP contribution in [0.5, 0.6) is 0 Å². The zero-order valence-corrected chi connectivity index (χ0v) is 22.2. The summed E-state index contributed by atoms with van der Waals surface area (Å²) < 4.78 is 2.01. The van der Waals surface area contributed by atoms with E-state index < -0.39 is 0 Å². The van der Waals surface area contributed by atoms with Gasteiger partial charge in [0.05, 0.1) is 0 Å². The minimum atomic E-state index is -0.0502. The van der Waals surface area contributed by atoms with E-state index in [0.717, 1.165) is 23.7 Å². The fourth-order valence-corrected chi connectivity index (χ4v) is 5.52. The second-order valence-electron chi connectivity index (χ2n) is 9.51. The first-order valence-electron chi connectivity index (χ1n) is 9.16. The van der Waals surface area contributed by atoms with Gasteiger partial charge in [-0.2, -0.15) is 0 Å². The monoisotopic (exact) mass is 530 g/mol. The Balaban J connectivity index is 0.000000192. The molecule has 0 aromatic carbocycles. The SMILES string of the molecule is C[Si](C)C.C[Si](C)C(C)(C)C.[Pb]=[C]1C2CC3CC(C2)CC1C3. The number of rotatable bonds is 0. The van der Waals surface area contributed by atoms with Crippen LogP contribution in [0.2, 0.25) is 37.8 Å². The van der Waals surface area contributed by atoms with Crippen LogP contribution in [0.4, 0.5) is 0 Å². The summed E-state index contributed by atoms with van der Waals surface area (Å²) in [6, 6.07) is 0. The van der Waals surface area contributed by atoms with Gasteiger partial charge in [-0.05, 0) is 5.04 Å². The maximum atomic E-state index is 2.35. The minimum absolute atomic E-state index is 0.0502. The molecular weight excluding hydrogens is 492 g/mol. The number of hydrogen-bond acceptors (Lipinski definition) is 0. The summed E-state index contributed by atoms with van der Waals surface area (Å²) in [4.78, 5) is 0. The van der Waals surface area contributed by atoms with Gasteiger partial charge in [0.2, 0.25) is 0 Å². The molecule has 3 heteroatoms. The molecule has 0 unspecified atom stereocenters. The van der Waals surface area contributed by atoms with Crippen LogP contribution < -0.4 is 0 Å². The maximum absolute atomic E-state index is 2.35. The molecule has 4 fully saturated rings. The Labute approximate surface area is 159 Å². The summed E-state index contributed by atoms with van der Waals surface area (Å²) in [5.41, 5.74) is 0. The van der Waals surface area contributed by atoms with Gasteiger partial charge in [0.15, 0.2) is 0 Å². The molecule has 4 aliphatic carbocycles. The molecule has 0 atom stereocenters. The van der Waals surface area contributed by atoms with Crippen molar-refractivity contribution >= 4 is 45.9 Å². The van der Waals surface area contributed by atoms with Crippen LogP contribution in [0.3, 0.4) is 0 Å². The third kappa shape index (κ3) is 7.00. The molecule has 22 heavy (non-hydrogen) atoms. The first-order chi connectivity index (χ1) is 10.0. The zero-order valence-electron chi connectivity index (χ0n) is 16.3. The van der Waals surface area contributed by atoms with E-state index in [1.165, 1.54) is 25.3 Å². The zero-order chi connectivity index (χ0) is 17.1. The molecule has 0 saturated heterocycles. The van der Waals surface area contributed by atoms with Gasteiger partial charge < -0.3 is 0 Å². The van der Waals surface area contributed by atoms with Crippen LogP contribution in [0.1, 0.15) is 52.9 Å². The molecule has 4 rings (SSSR count). The van der Waals surface area contributed by atoms with E-state index >= 15 is 0 Å². The van der Waals surface area contributed by atoms with Crippen molar-refractivity contribution in [3.05, 3.63) is 0 Å². The number of hydrogen-bond donors (Lipinski definition) is 0. The van der Waals surface area contributed by atoms with Crippen molar-refractivity contribution in [2.45, 2.75) is 90.6 Å². The third-order valence-corrected chi connectivity index (χ3v) is 11.7. The van der Waals surface area contributed by atoms with E-state index in [1.54, 1.807) is 32.1 Å². The summed E-state index contributed by atoms with van der Waals surface area (Å²) in [6.45, 7) is 18.4. The Morgan fingerprint density at radius 2 is 1.05 bits per heavy atom. The van der Waals surface area contributed by atoms with Crippen LogP contribution in [-0.2, 0) is 0 Å². The third-order valence-electron chi connectivity index (χ3n) is 5.52. The topological polar surface area (TPSA) is 0 Å². The summed E-state index contributed by atoms with van der Waals surface area (Å²) >= 11 is 1.41. The summed E-state index contributed by atoms with van der Waals surface area (Å²) in [5.74, 6) is 4.57. The first kappa shape index (κ1) is 21.3. The van der Waals surface area contributed by atoms with Crippen LogP contribution in [0, 0.1) is 23.7 Å². The Kier molecular flexibility index (Phi) is 8.77. The first-order valence-corrected chi connectivity index (χ1v) is 16.6. The fraction of sp³-hybridized carbons (Fsp3) is 0.947. The van der Waals surface area contributed by atoms with Gasteiger partial charge in [0, 0.05) is 17.6 Å². The molecule has 4 saturated carbocycles. The van der Waals surface area contributed by atoms with Gasteiger partial charge in [0.25, 0.3) is 0 Å². The second-order valence-corrected chi connectivity index (χ2v) is 18.3. The Morgan fingerprint density at radius 1 is 0.773 bits per heavy atom. The van der Waals surface area contributed by atoms with Crippen molar-refractivity contribution in [1.29, 1.82) is 0 Å². The molecule has 0 amide bonds. The van der Waals surface area contributed by atoms with Crippen LogP contribution >= 0.6 is 0 Å². The Bertz CT molecular complexity index is 322. The fourth-order valence-electron chi connectivity index (χ4n) is 3.69. The molecule has 0 spiro atoms.